The first-order valence-electron chi connectivity index (χ1n) is 11.5. The van der Waals surface area contributed by atoms with E-state index in [2.05, 4.69) is 34.4 Å². The van der Waals surface area contributed by atoms with Crippen LogP contribution in [0.1, 0.15) is 16.7 Å². The fraction of sp³-hybridized carbons (Fsp3) is 0.0345. The topological polar surface area (TPSA) is 78.1 Å². The Morgan fingerprint density at radius 1 is 0.973 bits per heavy atom. The minimum absolute atomic E-state index is 0.0355. The van der Waals surface area contributed by atoms with Gasteiger partial charge in [0.15, 0.2) is 5.84 Å². The molecule has 2 aliphatic rings. The fourth-order valence-corrected chi connectivity index (χ4v) is 5.39. The first-order valence-corrected chi connectivity index (χ1v) is 12.7. The van der Waals surface area contributed by atoms with E-state index >= 15 is 0 Å². The van der Waals surface area contributed by atoms with Crippen LogP contribution < -0.4 is 4.74 Å². The normalized spacial score (nSPS) is 16.1. The molecule has 0 fully saturated rings. The Morgan fingerprint density at radius 3 is 2.65 bits per heavy atom. The van der Waals surface area contributed by atoms with Crippen LogP contribution in [0.15, 0.2) is 107 Å². The van der Waals surface area contributed by atoms with Gasteiger partial charge in [-0.2, -0.15) is 15.1 Å². The van der Waals surface area contributed by atoms with Gasteiger partial charge in [0.25, 0.3) is 5.91 Å². The Hall–Kier alpha value is -4.20. The zero-order valence-corrected chi connectivity index (χ0v) is 21.0. The number of carbonyl (C=O) groups excluding carboxylic acids is 1. The van der Waals surface area contributed by atoms with E-state index in [4.69, 9.17) is 21.7 Å². The Kier molecular flexibility index (Phi) is 6.08. The molecule has 180 valence electrons. The van der Waals surface area contributed by atoms with Crippen molar-refractivity contribution in [2.75, 3.05) is 0 Å². The molecular weight excluding hydrogens is 504 g/mol. The highest BCUT2D eigenvalue weighted by Crippen LogP contribution is 2.33. The molecule has 0 saturated carbocycles. The predicted molar refractivity (Wildman–Crippen MR) is 150 cm³/mol. The highest BCUT2D eigenvalue weighted by Gasteiger charge is 2.36. The first-order chi connectivity index (χ1) is 18.1. The number of halogens is 1. The number of aliphatic imine (C=N–C) groups is 1. The molecule has 8 heteroatoms. The van der Waals surface area contributed by atoms with Crippen molar-refractivity contribution in [2.24, 2.45) is 10.1 Å². The second kappa shape index (κ2) is 9.69. The van der Waals surface area contributed by atoms with Crippen LogP contribution in [0.2, 0.25) is 5.02 Å². The lowest BCUT2D eigenvalue weighted by Gasteiger charge is -2.20. The van der Waals surface area contributed by atoms with Crippen LogP contribution >= 0.6 is 23.4 Å². The molecule has 0 atom stereocenters. The number of rotatable bonds is 5. The number of amidine groups is 2. The summed E-state index contributed by atoms with van der Waals surface area (Å²) >= 11 is 7.53. The van der Waals surface area contributed by atoms with Crippen molar-refractivity contribution < 1.29 is 9.53 Å². The lowest BCUT2D eigenvalue weighted by atomic mass is 10.1. The largest absolute Gasteiger partial charge is 0.489 e. The molecule has 6 nitrogen and oxygen atoms in total. The summed E-state index contributed by atoms with van der Waals surface area (Å²) in [6, 6.07) is 29.1. The number of fused-ring (bicyclic) bond motifs is 2. The molecule has 0 aliphatic carbocycles. The van der Waals surface area contributed by atoms with Gasteiger partial charge in [-0.25, -0.2) is 0 Å². The number of hydrogen-bond donors (Lipinski definition) is 1. The maximum Gasteiger partial charge on any atom is 0.283 e. The van der Waals surface area contributed by atoms with Crippen molar-refractivity contribution in [1.82, 2.24) is 5.01 Å². The van der Waals surface area contributed by atoms with Gasteiger partial charge in [0, 0.05) is 5.56 Å². The Labute approximate surface area is 222 Å². The first kappa shape index (κ1) is 23.2. The number of hydrogen-bond acceptors (Lipinski definition) is 5. The van der Waals surface area contributed by atoms with Crippen LogP contribution in [0.4, 0.5) is 0 Å². The standard InChI is InChI=1S/C29H19ClN4O2S/c30-25-14-4-3-13-23(25)28-33-34-26(31)24(27(35)32-29(34)37-28)16-18-7-5-11-21(15-18)36-17-20-10-6-9-19-8-1-2-12-22(19)20/h1-16,31H,17H2. The SMILES string of the molecule is N=C1C(=Cc2cccc(OCc3cccc4ccccc34)c2)C(=O)N=C2SC(c3ccccc3Cl)=NN12. The number of amides is 1. The smallest absolute Gasteiger partial charge is 0.283 e. The second-order valence-corrected chi connectivity index (χ2v) is 9.77. The third-order valence-corrected chi connectivity index (χ3v) is 7.27. The van der Waals surface area contributed by atoms with E-state index in [-0.39, 0.29) is 11.4 Å². The highest BCUT2D eigenvalue weighted by atomic mass is 35.5. The lowest BCUT2D eigenvalue weighted by molar-refractivity contribution is -0.114. The predicted octanol–water partition coefficient (Wildman–Crippen LogP) is 6.74. The molecule has 4 aromatic rings. The van der Waals surface area contributed by atoms with Crippen molar-refractivity contribution in [3.8, 4) is 5.75 Å². The Balaban J connectivity index is 1.24. The number of benzene rings is 4. The van der Waals surface area contributed by atoms with Gasteiger partial charge >= 0.3 is 0 Å². The molecule has 4 aromatic carbocycles. The van der Waals surface area contributed by atoms with Crippen molar-refractivity contribution in [3.05, 3.63) is 118 Å². The van der Waals surface area contributed by atoms with Gasteiger partial charge < -0.3 is 4.74 Å². The molecule has 0 bridgehead atoms. The molecule has 6 rings (SSSR count). The average molecular weight is 523 g/mol. The maximum absolute atomic E-state index is 12.8. The van der Waals surface area contributed by atoms with E-state index in [1.807, 2.05) is 60.7 Å². The van der Waals surface area contributed by atoms with E-state index in [0.29, 0.717) is 27.6 Å². The minimum Gasteiger partial charge on any atom is -0.489 e. The molecule has 0 unspecified atom stereocenters. The summed E-state index contributed by atoms with van der Waals surface area (Å²) in [5.41, 5.74) is 2.70. The average Bonchev–Trinajstić information content (AvgIpc) is 3.34. The van der Waals surface area contributed by atoms with Crippen molar-refractivity contribution >= 4 is 62.2 Å². The van der Waals surface area contributed by atoms with Gasteiger partial charge in [-0.1, -0.05) is 84.4 Å². The molecule has 1 N–H and O–H groups in total. The highest BCUT2D eigenvalue weighted by molar-refractivity contribution is 8.27. The van der Waals surface area contributed by atoms with Crippen molar-refractivity contribution in [2.45, 2.75) is 6.61 Å². The monoisotopic (exact) mass is 522 g/mol. The van der Waals surface area contributed by atoms with Crippen molar-refractivity contribution in [1.29, 1.82) is 5.41 Å². The summed E-state index contributed by atoms with van der Waals surface area (Å²) < 4.78 is 6.08. The summed E-state index contributed by atoms with van der Waals surface area (Å²) in [5.74, 6) is 0.144. The number of carbonyl (C=O) groups is 1. The molecule has 1 amide bonds. The lowest BCUT2D eigenvalue weighted by Crippen LogP contribution is -2.35. The van der Waals surface area contributed by atoms with Crippen LogP contribution in [-0.4, -0.2) is 27.0 Å². The van der Waals surface area contributed by atoms with E-state index < -0.39 is 5.91 Å². The zero-order valence-electron chi connectivity index (χ0n) is 19.4. The molecule has 37 heavy (non-hydrogen) atoms. The van der Waals surface area contributed by atoms with E-state index in [1.54, 1.807) is 12.1 Å². The van der Waals surface area contributed by atoms with Crippen LogP contribution in [0.3, 0.4) is 0 Å². The molecule has 0 radical (unpaired) electrons. The van der Waals surface area contributed by atoms with Crippen LogP contribution in [0.25, 0.3) is 16.8 Å². The number of nitrogens with zero attached hydrogens (tertiary/aromatic N) is 3. The summed E-state index contributed by atoms with van der Waals surface area (Å²) in [6.07, 6.45) is 1.64. The molecule has 0 spiro atoms. The molecule has 2 heterocycles. The summed E-state index contributed by atoms with van der Waals surface area (Å²) in [6.45, 7) is 0.411. The fourth-order valence-electron chi connectivity index (χ4n) is 4.18. The van der Waals surface area contributed by atoms with E-state index in [0.717, 1.165) is 27.5 Å². The van der Waals surface area contributed by atoms with Crippen molar-refractivity contribution in [3.63, 3.8) is 0 Å². The van der Waals surface area contributed by atoms with Gasteiger partial charge in [-0.3, -0.25) is 10.2 Å². The van der Waals surface area contributed by atoms with Gasteiger partial charge in [-0.05, 0) is 57.9 Å². The molecule has 0 aromatic heterocycles. The molecular formula is C29H19ClN4O2S. The minimum atomic E-state index is -0.485. The molecule has 2 aliphatic heterocycles. The van der Waals surface area contributed by atoms with Gasteiger partial charge in [0.2, 0.25) is 5.17 Å². The second-order valence-electron chi connectivity index (χ2n) is 8.40. The van der Waals surface area contributed by atoms with Crippen LogP contribution in [0.5, 0.6) is 5.75 Å². The van der Waals surface area contributed by atoms with Crippen LogP contribution in [0, 0.1) is 5.41 Å². The number of hydrazone groups is 1. The van der Waals surface area contributed by atoms with Gasteiger partial charge in [0.05, 0.1) is 10.6 Å². The van der Waals surface area contributed by atoms with E-state index in [1.165, 1.54) is 16.8 Å². The Morgan fingerprint density at radius 2 is 1.76 bits per heavy atom. The number of ether oxygens (including phenoxy) is 1. The third kappa shape index (κ3) is 4.55. The van der Waals surface area contributed by atoms with Gasteiger partial charge in [0.1, 0.15) is 17.4 Å². The maximum atomic E-state index is 12.8. The summed E-state index contributed by atoms with van der Waals surface area (Å²) in [4.78, 5) is 17.0. The van der Waals surface area contributed by atoms with Crippen LogP contribution in [-0.2, 0) is 11.4 Å². The summed E-state index contributed by atoms with van der Waals surface area (Å²) in [5, 5.41) is 18.3. The van der Waals surface area contributed by atoms with E-state index in [9.17, 15) is 4.79 Å². The Bertz CT molecular complexity index is 1670. The zero-order chi connectivity index (χ0) is 25.4. The summed E-state index contributed by atoms with van der Waals surface area (Å²) in [7, 11) is 0. The molecule has 0 saturated heterocycles. The number of thioether (sulfide) groups is 1. The number of nitrogens with one attached hydrogen (secondary N) is 1. The quantitative estimate of drug-likeness (QED) is 0.294. The van der Waals surface area contributed by atoms with Gasteiger partial charge in [-0.15, -0.1) is 0 Å². The third-order valence-electron chi connectivity index (χ3n) is 6.00.